The van der Waals surface area contributed by atoms with E-state index in [9.17, 15) is 4.79 Å². The first-order valence-electron chi connectivity index (χ1n) is 5.76. The number of nitrogens with two attached hydrogens (primary N) is 1. The molecule has 0 fully saturated rings. The molecule has 3 N–H and O–H groups in total. The van der Waals surface area contributed by atoms with Gasteiger partial charge in [-0.25, -0.2) is 0 Å². The standard InChI is InChI=1S/C13H20N2O/c1-10(2)8-14-9-12-4-6-13(7-5-12)15-11(3)16/h4-7,10,14H,8-9H2,1-3H3,(H,15,16)/p+1. The van der Waals surface area contributed by atoms with E-state index < -0.39 is 0 Å². The van der Waals surface area contributed by atoms with Crippen LogP contribution < -0.4 is 10.6 Å². The van der Waals surface area contributed by atoms with Gasteiger partial charge in [-0.2, -0.15) is 0 Å². The van der Waals surface area contributed by atoms with Gasteiger partial charge in [-0.3, -0.25) is 4.79 Å². The van der Waals surface area contributed by atoms with Crippen LogP contribution in [0.1, 0.15) is 26.3 Å². The number of nitrogens with one attached hydrogen (secondary N) is 1. The Bertz CT molecular complexity index is 330. The van der Waals surface area contributed by atoms with Gasteiger partial charge < -0.3 is 10.6 Å². The number of amides is 1. The summed E-state index contributed by atoms with van der Waals surface area (Å²) in [6.45, 7) is 8.10. The summed E-state index contributed by atoms with van der Waals surface area (Å²) < 4.78 is 0. The van der Waals surface area contributed by atoms with Crippen molar-refractivity contribution in [2.75, 3.05) is 11.9 Å². The van der Waals surface area contributed by atoms with Gasteiger partial charge in [-0.15, -0.1) is 0 Å². The first-order valence-corrected chi connectivity index (χ1v) is 5.76. The van der Waals surface area contributed by atoms with Crippen LogP contribution in [0.4, 0.5) is 5.69 Å². The van der Waals surface area contributed by atoms with Crippen LogP contribution in [0.15, 0.2) is 24.3 Å². The van der Waals surface area contributed by atoms with E-state index in [-0.39, 0.29) is 5.91 Å². The molecule has 0 spiro atoms. The third-order valence-electron chi connectivity index (χ3n) is 2.29. The van der Waals surface area contributed by atoms with Crippen molar-refractivity contribution in [3.63, 3.8) is 0 Å². The average Bonchev–Trinajstić information content (AvgIpc) is 2.19. The van der Waals surface area contributed by atoms with Gasteiger partial charge in [0.25, 0.3) is 0 Å². The van der Waals surface area contributed by atoms with Crippen molar-refractivity contribution in [1.82, 2.24) is 0 Å². The van der Waals surface area contributed by atoms with Crippen LogP contribution in [-0.2, 0) is 11.3 Å². The molecule has 0 radical (unpaired) electrons. The van der Waals surface area contributed by atoms with Gasteiger partial charge in [0.1, 0.15) is 6.54 Å². The van der Waals surface area contributed by atoms with Crippen molar-refractivity contribution in [2.24, 2.45) is 5.92 Å². The minimum Gasteiger partial charge on any atom is -0.342 e. The van der Waals surface area contributed by atoms with Crippen molar-refractivity contribution in [3.05, 3.63) is 29.8 Å². The Labute approximate surface area is 97.2 Å². The normalized spacial score (nSPS) is 10.5. The number of benzene rings is 1. The van der Waals surface area contributed by atoms with Gasteiger partial charge in [0.15, 0.2) is 0 Å². The highest BCUT2D eigenvalue weighted by Crippen LogP contribution is 2.08. The quantitative estimate of drug-likeness (QED) is 0.775. The van der Waals surface area contributed by atoms with Crippen LogP contribution in [0.2, 0.25) is 0 Å². The van der Waals surface area contributed by atoms with Crippen LogP contribution in [0.25, 0.3) is 0 Å². The largest absolute Gasteiger partial charge is 0.342 e. The smallest absolute Gasteiger partial charge is 0.221 e. The van der Waals surface area contributed by atoms with Crippen molar-refractivity contribution < 1.29 is 10.1 Å². The molecule has 3 nitrogen and oxygen atoms in total. The maximum absolute atomic E-state index is 10.8. The average molecular weight is 221 g/mol. The first kappa shape index (κ1) is 12.7. The zero-order chi connectivity index (χ0) is 12.0. The molecule has 1 aromatic rings. The Balaban J connectivity index is 2.42. The molecular formula is C13H21N2O+. The van der Waals surface area contributed by atoms with Gasteiger partial charge in [-0.05, 0) is 12.1 Å². The predicted molar refractivity (Wildman–Crippen MR) is 66.1 cm³/mol. The summed E-state index contributed by atoms with van der Waals surface area (Å²) in [7, 11) is 0. The molecule has 0 saturated carbocycles. The van der Waals surface area contributed by atoms with Crippen molar-refractivity contribution in [3.8, 4) is 0 Å². The molecular weight excluding hydrogens is 200 g/mol. The minimum absolute atomic E-state index is 0.0286. The van der Waals surface area contributed by atoms with Gasteiger partial charge in [0.2, 0.25) is 5.91 Å². The summed E-state index contributed by atoms with van der Waals surface area (Å²) in [5, 5.41) is 5.06. The Hall–Kier alpha value is -1.35. The number of anilines is 1. The SMILES string of the molecule is CC(=O)Nc1ccc(C[NH2+]CC(C)C)cc1. The van der Waals surface area contributed by atoms with Crippen LogP contribution >= 0.6 is 0 Å². The molecule has 88 valence electrons. The molecule has 0 heterocycles. The lowest BCUT2D eigenvalue weighted by atomic mass is 10.2. The summed E-state index contributed by atoms with van der Waals surface area (Å²) in [6.07, 6.45) is 0. The Morgan fingerprint density at radius 2 is 1.94 bits per heavy atom. The fraction of sp³-hybridized carbons (Fsp3) is 0.462. The second kappa shape index (κ2) is 6.28. The molecule has 16 heavy (non-hydrogen) atoms. The lowest BCUT2D eigenvalue weighted by molar-refractivity contribution is -0.675. The molecule has 3 heteroatoms. The van der Waals surface area contributed by atoms with E-state index in [1.54, 1.807) is 0 Å². The molecule has 0 saturated heterocycles. The molecule has 0 aliphatic rings. The van der Waals surface area contributed by atoms with E-state index in [1.807, 2.05) is 12.1 Å². The topological polar surface area (TPSA) is 45.7 Å². The van der Waals surface area contributed by atoms with Crippen LogP contribution in [-0.4, -0.2) is 12.5 Å². The minimum atomic E-state index is -0.0286. The number of hydrogen-bond donors (Lipinski definition) is 2. The van der Waals surface area contributed by atoms with Crippen LogP contribution in [0.3, 0.4) is 0 Å². The second-order valence-electron chi connectivity index (χ2n) is 4.50. The summed E-state index contributed by atoms with van der Waals surface area (Å²) >= 11 is 0. The lowest BCUT2D eigenvalue weighted by Gasteiger charge is -2.06. The molecule has 0 atom stereocenters. The highest BCUT2D eigenvalue weighted by Gasteiger charge is 1.99. The van der Waals surface area contributed by atoms with E-state index in [0.29, 0.717) is 0 Å². The number of carbonyl (C=O) groups is 1. The Morgan fingerprint density at radius 3 is 2.44 bits per heavy atom. The fourth-order valence-electron chi connectivity index (χ4n) is 1.51. The Morgan fingerprint density at radius 1 is 1.31 bits per heavy atom. The van der Waals surface area contributed by atoms with Crippen LogP contribution in [0, 0.1) is 5.92 Å². The van der Waals surface area contributed by atoms with Gasteiger partial charge >= 0.3 is 0 Å². The third-order valence-corrected chi connectivity index (χ3v) is 2.29. The molecule has 0 aliphatic carbocycles. The molecule has 0 bridgehead atoms. The van der Waals surface area contributed by atoms with Crippen LogP contribution in [0.5, 0.6) is 0 Å². The fourth-order valence-corrected chi connectivity index (χ4v) is 1.51. The van der Waals surface area contributed by atoms with E-state index in [4.69, 9.17) is 0 Å². The zero-order valence-electron chi connectivity index (χ0n) is 10.3. The maximum Gasteiger partial charge on any atom is 0.221 e. The van der Waals surface area contributed by atoms with E-state index >= 15 is 0 Å². The first-order chi connectivity index (χ1) is 7.58. The molecule has 1 amide bonds. The van der Waals surface area contributed by atoms with Gasteiger partial charge in [0.05, 0.1) is 6.54 Å². The summed E-state index contributed by atoms with van der Waals surface area (Å²) in [6, 6.07) is 8.00. The number of quaternary nitrogens is 1. The lowest BCUT2D eigenvalue weighted by Crippen LogP contribution is -2.83. The molecule has 1 aromatic carbocycles. The van der Waals surface area contributed by atoms with E-state index in [2.05, 4.69) is 36.6 Å². The van der Waals surface area contributed by atoms with Crippen molar-refractivity contribution in [2.45, 2.75) is 27.3 Å². The number of hydrogen-bond acceptors (Lipinski definition) is 1. The highest BCUT2D eigenvalue weighted by atomic mass is 16.1. The molecule has 0 aromatic heterocycles. The molecule has 0 aliphatic heterocycles. The maximum atomic E-state index is 10.8. The second-order valence-corrected chi connectivity index (χ2v) is 4.50. The van der Waals surface area contributed by atoms with E-state index in [1.165, 1.54) is 12.5 Å². The van der Waals surface area contributed by atoms with Crippen molar-refractivity contribution >= 4 is 11.6 Å². The summed E-state index contributed by atoms with van der Waals surface area (Å²) in [4.78, 5) is 10.8. The van der Waals surface area contributed by atoms with E-state index in [0.717, 1.165) is 24.7 Å². The predicted octanol–water partition coefficient (Wildman–Crippen LogP) is 1.36. The summed E-state index contributed by atoms with van der Waals surface area (Å²) in [5.41, 5.74) is 2.15. The van der Waals surface area contributed by atoms with Crippen molar-refractivity contribution in [1.29, 1.82) is 0 Å². The third kappa shape index (κ3) is 4.94. The van der Waals surface area contributed by atoms with Gasteiger partial charge in [-0.1, -0.05) is 26.0 Å². The number of carbonyl (C=O) groups excluding carboxylic acids is 1. The highest BCUT2D eigenvalue weighted by molar-refractivity contribution is 5.88. The number of rotatable bonds is 5. The molecule has 1 rings (SSSR count). The monoisotopic (exact) mass is 221 g/mol. The Kier molecular flexibility index (Phi) is 4.99. The zero-order valence-corrected chi connectivity index (χ0v) is 10.3. The summed E-state index contributed by atoms with van der Waals surface area (Å²) in [5.74, 6) is 0.692. The van der Waals surface area contributed by atoms with Gasteiger partial charge in [0, 0.05) is 24.1 Å². The molecule has 0 unspecified atom stereocenters.